The number of carbonyl (C=O) groups excluding carboxylic acids is 1. The maximum atomic E-state index is 12.3. The minimum Gasteiger partial charge on any atom is -0.358 e. The summed E-state index contributed by atoms with van der Waals surface area (Å²) in [5.74, 6) is 0.944. The third kappa shape index (κ3) is 1.83. The van der Waals surface area contributed by atoms with Gasteiger partial charge in [0.15, 0.2) is 0 Å². The van der Waals surface area contributed by atoms with Crippen LogP contribution in [0.3, 0.4) is 0 Å². The zero-order valence-electron chi connectivity index (χ0n) is 10.7. The van der Waals surface area contributed by atoms with Crippen molar-refractivity contribution in [1.29, 1.82) is 0 Å². The van der Waals surface area contributed by atoms with E-state index in [0.717, 1.165) is 12.8 Å². The molecule has 1 aliphatic carbocycles. The topological polar surface area (TPSA) is 29.5 Å². The van der Waals surface area contributed by atoms with Crippen molar-refractivity contribution in [2.45, 2.75) is 32.5 Å². The molecule has 2 fully saturated rings. The standard InChI is InChI=1S/C15H19NO2/c1-2-18-15-13-9-8-12(13)14(17)16(15)10-11-6-4-3-5-7-11/h3-7,12-13,15H,2,8-10H2,1H3/t12-,13+,15-/m0/s1. The molecule has 0 N–H and O–H groups in total. The van der Waals surface area contributed by atoms with Gasteiger partial charge in [0, 0.05) is 25.0 Å². The Bertz CT molecular complexity index is 431. The Morgan fingerprint density at radius 2 is 2.06 bits per heavy atom. The summed E-state index contributed by atoms with van der Waals surface area (Å²) in [4.78, 5) is 14.2. The zero-order chi connectivity index (χ0) is 12.5. The van der Waals surface area contributed by atoms with Crippen LogP contribution in [0.15, 0.2) is 30.3 Å². The van der Waals surface area contributed by atoms with Gasteiger partial charge in [0.2, 0.25) is 5.91 Å². The highest BCUT2D eigenvalue weighted by Gasteiger charge is 2.53. The first-order valence-electron chi connectivity index (χ1n) is 6.77. The second kappa shape index (κ2) is 4.73. The molecular formula is C15H19NO2. The lowest BCUT2D eigenvalue weighted by molar-refractivity contribution is -0.138. The van der Waals surface area contributed by atoms with Crippen LogP contribution in [0.5, 0.6) is 0 Å². The lowest BCUT2D eigenvalue weighted by Gasteiger charge is -2.32. The van der Waals surface area contributed by atoms with Crippen LogP contribution < -0.4 is 0 Å². The van der Waals surface area contributed by atoms with E-state index in [-0.39, 0.29) is 18.1 Å². The number of likely N-dealkylation sites (tertiary alicyclic amines) is 1. The smallest absolute Gasteiger partial charge is 0.228 e. The SMILES string of the molecule is CCO[C@H]1[C@@H]2CC[C@@H]2C(=O)N1Cc1ccccc1. The first-order chi connectivity index (χ1) is 8.81. The number of amides is 1. The molecule has 1 amide bonds. The van der Waals surface area contributed by atoms with Gasteiger partial charge in [0.1, 0.15) is 6.23 Å². The molecule has 18 heavy (non-hydrogen) atoms. The van der Waals surface area contributed by atoms with Crippen LogP contribution in [0.25, 0.3) is 0 Å². The fraction of sp³-hybridized carbons (Fsp3) is 0.533. The summed E-state index contributed by atoms with van der Waals surface area (Å²) >= 11 is 0. The van der Waals surface area contributed by atoms with E-state index >= 15 is 0 Å². The number of fused-ring (bicyclic) bond motifs is 1. The van der Waals surface area contributed by atoms with Crippen molar-refractivity contribution >= 4 is 5.91 Å². The predicted octanol–water partition coefficient (Wildman–Crippen LogP) is 2.42. The number of rotatable bonds is 4. The van der Waals surface area contributed by atoms with Crippen molar-refractivity contribution in [3.63, 3.8) is 0 Å². The van der Waals surface area contributed by atoms with Crippen molar-refractivity contribution in [2.24, 2.45) is 11.8 Å². The van der Waals surface area contributed by atoms with Crippen LogP contribution in [-0.4, -0.2) is 23.6 Å². The minimum absolute atomic E-state index is 0.00135. The van der Waals surface area contributed by atoms with E-state index in [0.29, 0.717) is 19.1 Å². The largest absolute Gasteiger partial charge is 0.358 e. The van der Waals surface area contributed by atoms with Crippen molar-refractivity contribution in [3.05, 3.63) is 35.9 Å². The van der Waals surface area contributed by atoms with Gasteiger partial charge in [0.25, 0.3) is 0 Å². The minimum atomic E-state index is 0.00135. The Morgan fingerprint density at radius 1 is 1.28 bits per heavy atom. The van der Waals surface area contributed by atoms with Gasteiger partial charge < -0.3 is 9.64 Å². The number of nitrogens with zero attached hydrogens (tertiary/aromatic N) is 1. The molecule has 3 nitrogen and oxygen atoms in total. The van der Waals surface area contributed by atoms with Gasteiger partial charge in [-0.3, -0.25) is 4.79 Å². The van der Waals surface area contributed by atoms with Gasteiger partial charge in [-0.1, -0.05) is 30.3 Å². The van der Waals surface area contributed by atoms with E-state index in [9.17, 15) is 4.79 Å². The van der Waals surface area contributed by atoms with Crippen LogP contribution in [-0.2, 0) is 16.1 Å². The summed E-state index contributed by atoms with van der Waals surface area (Å²) in [6, 6.07) is 10.2. The van der Waals surface area contributed by atoms with E-state index in [1.807, 2.05) is 30.0 Å². The molecule has 3 rings (SSSR count). The first-order valence-corrected chi connectivity index (χ1v) is 6.77. The van der Waals surface area contributed by atoms with Crippen molar-refractivity contribution in [1.82, 2.24) is 4.90 Å². The molecule has 96 valence electrons. The summed E-state index contributed by atoms with van der Waals surface area (Å²) < 4.78 is 5.80. The summed E-state index contributed by atoms with van der Waals surface area (Å²) in [6.45, 7) is 3.35. The number of ether oxygens (including phenoxy) is 1. The summed E-state index contributed by atoms with van der Waals surface area (Å²) in [6.07, 6.45) is 2.17. The Kier molecular flexibility index (Phi) is 3.08. The van der Waals surface area contributed by atoms with Gasteiger partial charge in [0.05, 0.1) is 0 Å². The lowest BCUT2D eigenvalue weighted by Crippen LogP contribution is -2.37. The molecule has 3 atom stereocenters. The molecule has 1 heterocycles. The first kappa shape index (κ1) is 11.7. The maximum absolute atomic E-state index is 12.3. The lowest BCUT2D eigenvalue weighted by atomic mass is 9.75. The van der Waals surface area contributed by atoms with Gasteiger partial charge in [-0.15, -0.1) is 0 Å². The fourth-order valence-corrected chi connectivity index (χ4v) is 3.08. The molecule has 1 saturated heterocycles. The van der Waals surface area contributed by atoms with Gasteiger partial charge in [-0.2, -0.15) is 0 Å². The number of hydrogen-bond donors (Lipinski definition) is 0. The second-order valence-corrected chi connectivity index (χ2v) is 5.15. The normalized spacial score (nSPS) is 30.2. The van der Waals surface area contributed by atoms with E-state index in [1.165, 1.54) is 5.56 Å². The quantitative estimate of drug-likeness (QED) is 0.815. The molecule has 0 radical (unpaired) electrons. The Hall–Kier alpha value is -1.35. The fourth-order valence-electron chi connectivity index (χ4n) is 3.08. The van der Waals surface area contributed by atoms with Crippen LogP contribution in [0, 0.1) is 11.8 Å². The molecule has 1 aliphatic heterocycles. The van der Waals surface area contributed by atoms with E-state index in [2.05, 4.69) is 12.1 Å². The predicted molar refractivity (Wildman–Crippen MR) is 68.6 cm³/mol. The molecule has 1 saturated carbocycles. The van der Waals surface area contributed by atoms with Crippen LogP contribution in [0.1, 0.15) is 25.3 Å². The van der Waals surface area contributed by atoms with Crippen LogP contribution in [0.4, 0.5) is 0 Å². The van der Waals surface area contributed by atoms with Crippen LogP contribution >= 0.6 is 0 Å². The third-order valence-corrected chi connectivity index (χ3v) is 4.13. The zero-order valence-corrected chi connectivity index (χ0v) is 10.7. The molecule has 1 aromatic rings. The molecule has 0 bridgehead atoms. The Balaban J connectivity index is 1.78. The monoisotopic (exact) mass is 245 g/mol. The number of hydrogen-bond acceptors (Lipinski definition) is 2. The van der Waals surface area contributed by atoms with Crippen molar-refractivity contribution in [3.8, 4) is 0 Å². The summed E-state index contributed by atoms with van der Waals surface area (Å²) in [7, 11) is 0. The van der Waals surface area contributed by atoms with Crippen molar-refractivity contribution < 1.29 is 9.53 Å². The van der Waals surface area contributed by atoms with E-state index < -0.39 is 0 Å². The molecule has 3 heteroatoms. The molecule has 2 aliphatic rings. The molecule has 0 unspecified atom stereocenters. The van der Waals surface area contributed by atoms with E-state index in [1.54, 1.807) is 0 Å². The molecule has 0 aromatic heterocycles. The van der Waals surface area contributed by atoms with Gasteiger partial charge in [-0.05, 0) is 25.3 Å². The van der Waals surface area contributed by atoms with Crippen molar-refractivity contribution in [2.75, 3.05) is 6.61 Å². The number of carbonyl (C=O) groups is 1. The maximum Gasteiger partial charge on any atom is 0.228 e. The van der Waals surface area contributed by atoms with Gasteiger partial charge in [-0.25, -0.2) is 0 Å². The molecule has 0 spiro atoms. The Morgan fingerprint density at radius 3 is 2.67 bits per heavy atom. The highest BCUT2D eigenvalue weighted by molar-refractivity contribution is 5.82. The highest BCUT2D eigenvalue weighted by Crippen LogP contribution is 2.46. The van der Waals surface area contributed by atoms with Gasteiger partial charge >= 0.3 is 0 Å². The molecule has 1 aromatic carbocycles. The second-order valence-electron chi connectivity index (χ2n) is 5.15. The number of benzene rings is 1. The summed E-state index contributed by atoms with van der Waals surface area (Å²) in [5.41, 5.74) is 1.18. The average molecular weight is 245 g/mol. The third-order valence-electron chi connectivity index (χ3n) is 4.13. The van der Waals surface area contributed by atoms with Crippen LogP contribution in [0.2, 0.25) is 0 Å². The summed E-state index contributed by atoms with van der Waals surface area (Å²) in [5, 5.41) is 0. The highest BCUT2D eigenvalue weighted by atomic mass is 16.5. The molecular weight excluding hydrogens is 226 g/mol. The van der Waals surface area contributed by atoms with E-state index in [4.69, 9.17) is 4.74 Å². The average Bonchev–Trinajstić information content (AvgIpc) is 2.50. The Labute approximate surface area is 108 Å².